The Kier molecular flexibility index (Phi) is 5.63. The molecular weight excluding hydrogens is 246 g/mol. The number of hydrogen-bond acceptors (Lipinski definition) is 5. The minimum atomic E-state index is -0.288. The Hall–Kier alpha value is -1.75. The van der Waals surface area contributed by atoms with E-state index in [1.54, 1.807) is 20.3 Å². The van der Waals surface area contributed by atoms with Crippen molar-refractivity contribution >= 4 is 5.97 Å². The molecule has 2 atom stereocenters. The van der Waals surface area contributed by atoms with Crippen LogP contribution < -0.4 is 15.2 Å². The third-order valence-electron chi connectivity index (χ3n) is 3.05. The molecular formula is C14H21NO4. The lowest BCUT2D eigenvalue weighted by Crippen LogP contribution is -2.27. The lowest BCUT2D eigenvalue weighted by molar-refractivity contribution is -0.141. The number of hydrogen-bond donors (Lipinski definition) is 1. The number of esters is 1. The normalized spacial score (nSPS) is 13.5. The molecule has 106 valence electrons. The highest BCUT2D eigenvalue weighted by Gasteiger charge is 2.22. The molecule has 0 aromatic heterocycles. The van der Waals surface area contributed by atoms with E-state index in [2.05, 4.69) is 0 Å². The van der Waals surface area contributed by atoms with Gasteiger partial charge in [-0.1, -0.05) is 0 Å². The van der Waals surface area contributed by atoms with Crippen molar-refractivity contribution in [3.8, 4) is 11.5 Å². The van der Waals surface area contributed by atoms with Crippen LogP contribution in [0.5, 0.6) is 11.5 Å². The molecule has 0 heterocycles. The van der Waals surface area contributed by atoms with Gasteiger partial charge in [0.2, 0.25) is 0 Å². The summed E-state index contributed by atoms with van der Waals surface area (Å²) in [7, 11) is 4.53. The Morgan fingerprint density at radius 2 is 1.68 bits per heavy atom. The van der Waals surface area contributed by atoms with Crippen LogP contribution in [0.4, 0.5) is 0 Å². The molecule has 2 N–H and O–H groups in total. The highest BCUT2D eigenvalue weighted by atomic mass is 16.5. The van der Waals surface area contributed by atoms with Gasteiger partial charge < -0.3 is 19.9 Å². The minimum absolute atomic E-state index is 0.142. The van der Waals surface area contributed by atoms with Gasteiger partial charge in [0.15, 0.2) is 0 Å². The fourth-order valence-electron chi connectivity index (χ4n) is 1.91. The van der Waals surface area contributed by atoms with Gasteiger partial charge >= 0.3 is 5.97 Å². The van der Waals surface area contributed by atoms with Crippen molar-refractivity contribution in [2.45, 2.75) is 25.3 Å². The molecule has 0 bridgehead atoms. The smallest absolute Gasteiger partial charge is 0.306 e. The first-order valence-corrected chi connectivity index (χ1v) is 6.07. The largest absolute Gasteiger partial charge is 0.497 e. The predicted molar refractivity (Wildman–Crippen MR) is 72.6 cm³/mol. The number of ether oxygens (including phenoxy) is 3. The van der Waals surface area contributed by atoms with Gasteiger partial charge in [0, 0.05) is 18.0 Å². The number of nitrogens with two attached hydrogens (primary N) is 1. The van der Waals surface area contributed by atoms with Gasteiger partial charge in [0.25, 0.3) is 0 Å². The third-order valence-corrected chi connectivity index (χ3v) is 3.05. The average Bonchev–Trinajstić information content (AvgIpc) is 2.43. The van der Waals surface area contributed by atoms with Crippen LogP contribution >= 0.6 is 0 Å². The standard InChI is InChI=1S/C14H21NO4/c1-9(15)13(8-14(16)19-4)10-5-11(17-2)7-12(6-10)18-3/h5-7,9,13H,8,15H2,1-4H3. The monoisotopic (exact) mass is 267 g/mol. The molecule has 0 saturated heterocycles. The molecule has 0 aliphatic rings. The van der Waals surface area contributed by atoms with Crippen molar-refractivity contribution in [3.05, 3.63) is 23.8 Å². The second kappa shape index (κ2) is 6.99. The second-order valence-corrected chi connectivity index (χ2v) is 4.39. The first kappa shape index (κ1) is 15.3. The van der Waals surface area contributed by atoms with E-state index < -0.39 is 0 Å². The molecule has 0 aliphatic heterocycles. The van der Waals surface area contributed by atoms with Crippen LogP contribution in [0.3, 0.4) is 0 Å². The number of benzene rings is 1. The number of carbonyl (C=O) groups is 1. The Balaban J connectivity index is 3.10. The van der Waals surface area contributed by atoms with Crippen molar-refractivity contribution in [2.24, 2.45) is 5.73 Å². The van der Waals surface area contributed by atoms with E-state index in [0.29, 0.717) is 11.5 Å². The summed E-state index contributed by atoms with van der Waals surface area (Å²) in [6.45, 7) is 1.86. The molecule has 1 aromatic rings. The van der Waals surface area contributed by atoms with Crippen LogP contribution in [0.25, 0.3) is 0 Å². The van der Waals surface area contributed by atoms with Gasteiger partial charge in [-0.15, -0.1) is 0 Å². The fourth-order valence-corrected chi connectivity index (χ4v) is 1.91. The van der Waals surface area contributed by atoms with Gasteiger partial charge in [-0.3, -0.25) is 4.79 Å². The number of methoxy groups -OCH3 is 3. The van der Waals surface area contributed by atoms with E-state index in [1.165, 1.54) is 7.11 Å². The topological polar surface area (TPSA) is 70.8 Å². The zero-order valence-electron chi connectivity index (χ0n) is 11.8. The van der Waals surface area contributed by atoms with Gasteiger partial charge in [0.1, 0.15) is 11.5 Å². The van der Waals surface area contributed by atoms with Crippen LogP contribution in [0.2, 0.25) is 0 Å². The van der Waals surface area contributed by atoms with Crippen LogP contribution in [0.1, 0.15) is 24.8 Å². The van der Waals surface area contributed by atoms with E-state index >= 15 is 0 Å². The summed E-state index contributed by atoms with van der Waals surface area (Å²) in [6.07, 6.45) is 0.227. The zero-order chi connectivity index (χ0) is 14.4. The maximum atomic E-state index is 11.5. The summed E-state index contributed by atoms with van der Waals surface area (Å²) in [5.41, 5.74) is 6.86. The molecule has 0 saturated carbocycles. The first-order chi connectivity index (χ1) is 9.01. The van der Waals surface area contributed by atoms with E-state index in [4.69, 9.17) is 19.9 Å². The van der Waals surface area contributed by atoms with Gasteiger partial charge in [-0.25, -0.2) is 0 Å². The molecule has 1 rings (SSSR count). The van der Waals surface area contributed by atoms with Crippen molar-refractivity contribution in [2.75, 3.05) is 21.3 Å². The first-order valence-electron chi connectivity index (χ1n) is 6.07. The molecule has 5 nitrogen and oxygen atoms in total. The van der Waals surface area contributed by atoms with E-state index in [9.17, 15) is 4.79 Å². The van der Waals surface area contributed by atoms with Crippen LogP contribution in [0, 0.1) is 0 Å². The highest BCUT2D eigenvalue weighted by molar-refractivity contribution is 5.70. The maximum Gasteiger partial charge on any atom is 0.306 e. The Morgan fingerprint density at radius 1 is 1.16 bits per heavy atom. The SMILES string of the molecule is COC(=O)CC(c1cc(OC)cc(OC)c1)C(C)N. The Bertz CT molecular complexity index is 409. The Morgan fingerprint density at radius 3 is 2.05 bits per heavy atom. The molecule has 0 radical (unpaired) electrons. The molecule has 0 fully saturated rings. The van der Waals surface area contributed by atoms with E-state index in [0.717, 1.165) is 5.56 Å². The molecule has 0 spiro atoms. The van der Waals surface area contributed by atoms with Crippen molar-refractivity contribution in [3.63, 3.8) is 0 Å². The highest BCUT2D eigenvalue weighted by Crippen LogP contribution is 2.30. The summed E-state index contributed by atoms with van der Waals surface area (Å²) in [5.74, 6) is 0.912. The second-order valence-electron chi connectivity index (χ2n) is 4.39. The molecule has 2 unspecified atom stereocenters. The van der Waals surface area contributed by atoms with E-state index in [1.807, 2.05) is 19.1 Å². The minimum Gasteiger partial charge on any atom is -0.497 e. The van der Waals surface area contributed by atoms with Crippen molar-refractivity contribution in [1.82, 2.24) is 0 Å². The quantitative estimate of drug-likeness (QED) is 0.794. The fraction of sp³-hybridized carbons (Fsp3) is 0.500. The van der Waals surface area contributed by atoms with Gasteiger partial charge in [-0.2, -0.15) is 0 Å². The number of rotatable bonds is 6. The lowest BCUT2D eigenvalue weighted by Gasteiger charge is -2.21. The summed E-state index contributed by atoms with van der Waals surface area (Å²) >= 11 is 0. The molecule has 1 aromatic carbocycles. The predicted octanol–water partition coefficient (Wildman–Crippen LogP) is 1.70. The molecule has 19 heavy (non-hydrogen) atoms. The summed E-state index contributed by atoms with van der Waals surface area (Å²) in [5, 5.41) is 0. The van der Waals surface area contributed by atoms with Crippen LogP contribution in [-0.4, -0.2) is 33.3 Å². The summed E-state index contributed by atoms with van der Waals surface area (Å²) in [4.78, 5) is 11.5. The van der Waals surface area contributed by atoms with Crippen molar-refractivity contribution in [1.29, 1.82) is 0 Å². The third kappa shape index (κ3) is 4.13. The maximum absolute atomic E-state index is 11.5. The Labute approximate surface area is 113 Å². The summed E-state index contributed by atoms with van der Waals surface area (Å²) < 4.78 is 15.2. The van der Waals surface area contributed by atoms with Gasteiger partial charge in [0.05, 0.1) is 27.8 Å². The average molecular weight is 267 g/mol. The molecule has 0 aliphatic carbocycles. The summed E-state index contributed by atoms with van der Waals surface area (Å²) in [6, 6.07) is 5.31. The van der Waals surface area contributed by atoms with Crippen molar-refractivity contribution < 1.29 is 19.0 Å². The zero-order valence-corrected chi connectivity index (χ0v) is 11.8. The lowest BCUT2D eigenvalue weighted by atomic mass is 9.89. The number of carbonyl (C=O) groups excluding carboxylic acids is 1. The van der Waals surface area contributed by atoms with E-state index in [-0.39, 0.29) is 24.3 Å². The molecule has 5 heteroatoms. The van der Waals surface area contributed by atoms with Crippen LogP contribution in [-0.2, 0) is 9.53 Å². The van der Waals surface area contributed by atoms with Crippen LogP contribution in [0.15, 0.2) is 18.2 Å². The molecule has 0 amide bonds. The van der Waals surface area contributed by atoms with Gasteiger partial charge in [-0.05, 0) is 24.6 Å².